The van der Waals surface area contributed by atoms with Gasteiger partial charge in [0.1, 0.15) is 5.75 Å². The standard InChI is InChI=1S/C28H27N5O2S/c1-19-7-2-3-8-22(19)30-25(35)15-18-33-27(26(31-28(33)36)23-9-4-5-16-29-23)24-10-6-17-32(24)20-11-13-21(34)14-12-20/h2-14,16-17,26-27,34H,15,18H2,1H3,(H,30,35)(H,31,36). The molecule has 0 aliphatic carbocycles. The number of benzene rings is 2. The van der Waals surface area contributed by atoms with Crippen LogP contribution in [-0.2, 0) is 4.79 Å². The third-order valence-corrected chi connectivity index (χ3v) is 6.76. The van der Waals surface area contributed by atoms with E-state index in [1.807, 2.05) is 73.8 Å². The van der Waals surface area contributed by atoms with Gasteiger partial charge in [0.25, 0.3) is 0 Å². The second-order valence-corrected chi connectivity index (χ2v) is 9.14. The highest BCUT2D eigenvalue weighted by molar-refractivity contribution is 7.80. The first kappa shape index (κ1) is 23.6. The highest BCUT2D eigenvalue weighted by atomic mass is 32.1. The van der Waals surface area contributed by atoms with E-state index in [4.69, 9.17) is 12.2 Å². The smallest absolute Gasteiger partial charge is 0.226 e. The van der Waals surface area contributed by atoms with Gasteiger partial charge in [-0.1, -0.05) is 24.3 Å². The molecule has 1 amide bonds. The molecule has 2 aromatic carbocycles. The van der Waals surface area contributed by atoms with Gasteiger partial charge in [0.2, 0.25) is 5.91 Å². The summed E-state index contributed by atoms with van der Waals surface area (Å²) in [5.74, 6) is 0.143. The summed E-state index contributed by atoms with van der Waals surface area (Å²) >= 11 is 5.76. The van der Waals surface area contributed by atoms with Crippen LogP contribution in [0, 0.1) is 6.92 Å². The van der Waals surface area contributed by atoms with E-state index in [2.05, 4.69) is 31.2 Å². The lowest BCUT2D eigenvalue weighted by atomic mass is 10.0. The van der Waals surface area contributed by atoms with Crippen molar-refractivity contribution in [1.29, 1.82) is 0 Å². The van der Waals surface area contributed by atoms with Crippen LogP contribution in [0.5, 0.6) is 5.75 Å². The predicted molar refractivity (Wildman–Crippen MR) is 144 cm³/mol. The van der Waals surface area contributed by atoms with Crippen LogP contribution in [-0.4, -0.2) is 37.1 Å². The fourth-order valence-corrected chi connectivity index (χ4v) is 4.93. The number of aromatic nitrogens is 2. The second-order valence-electron chi connectivity index (χ2n) is 8.75. The van der Waals surface area contributed by atoms with Crippen LogP contribution in [0.25, 0.3) is 5.69 Å². The molecule has 1 aliphatic heterocycles. The average Bonchev–Trinajstić information content (AvgIpc) is 3.49. The minimum atomic E-state index is -0.192. The molecule has 8 heteroatoms. The Morgan fingerprint density at radius 3 is 2.58 bits per heavy atom. The molecule has 1 fully saturated rings. The number of pyridine rings is 1. The zero-order chi connectivity index (χ0) is 25.1. The number of carbonyl (C=O) groups excluding carboxylic acids is 1. The Hall–Kier alpha value is -4.17. The number of aryl methyl sites for hydroxylation is 1. The van der Waals surface area contributed by atoms with E-state index in [9.17, 15) is 9.90 Å². The van der Waals surface area contributed by atoms with E-state index in [-0.39, 0.29) is 30.2 Å². The van der Waals surface area contributed by atoms with Gasteiger partial charge in [-0.15, -0.1) is 0 Å². The molecule has 4 aromatic rings. The third-order valence-electron chi connectivity index (χ3n) is 6.41. The van der Waals surface area contributed by atoms with Crippen molar-refractivity contribution in [3.8, 4) is 11.4 Å². The molecule has 0 spiro atoms. The third kappa shape index (κ3) is 4.81. The van der Waals surface area contributed by atoms with Crippen LogP contribution in [0.15, 0.2) is 91.3 Å². The van der Waals surface area contributed by atoms with E-state index in [0.29, 0.717) is 11.7 Å². The van der Waals surface area contributed by atoms with Crippen molar-refractivity contribution < 1.29 is 9.90 Å². The highest BCUT2D eigenvalue weighted by Crippen LogP contribution is 2.39. The maximum atomic E-state index is 12.9. The fraction of sp³-hybridized carbons (Fsp3) is 0.179. The summed E-state index contributed by atoms with van der Waals surface area (Å²) in [7, 11) is 0. The molecule has 7 nitrogen and oxygen atoms in total. The summed E-state index contributed by atoms with van der Waals surface area (Å²) in [6.45, 7) is 2.42. The van der Waals surface area contributed by atoms with Crippen molar-refractivity contribution in [2.45, 2.75) is 25.4 Å². The Morgan fingerprint density at radius 1 is 1.06 bits per heavy atom. The molecular formula is C28H27N5O2S. The number of carbonyl (C=O) groups is 1. The van der Waals surface area contributed by atoms with Gasteiger partial charge in [-0.3, -0.25) is 9.78 Å². The summed E-state index contributed by atoms with van der Waals surface area (Å²) in [5.41, 5.74) is 4.62. The molecule has 2 unspecified atom stereocenters. The normalized spacial score (nSPS) is 17.1. The summed E-state index contributed by atoms with van der Waals surface area (Å²) in [5, 5.41) is 16.8. The number of anilines is 1. The first-order valence-electron chi connectivity index (χ1n) is 11.8. The van der Waals surface area contributed by atoms with Crippen molar-refractivity contribution in [1.82, 2.24) is 19.8 Å². The lowest BCUT2D eigenvalue weighted by Gasteiger charge is -2.29. The molecule has 3 heterocycles. The van der Waals surface area contributed by atoms with Crippen molar-refractivity contribution in [3.05, 3.63) is 108 Å². The van der Waals surface area contributed by atoms with Gasteiger partial charge >= 0.3 is 0 Å². The Morgan fingerprint density at radius 2 is 1.83 bits per heavy atom. The number of hydrogen-bond acceptors (Lipinski definition) is 4. The number of amides is 1. The Bertz CT molecular complexity index is 1370. The number of rotatable bonds is 7. The number of thiocarbonyl (C=S) groups is 1. The summed E-state index contributed by atoms with van der Waals surface area (Å²) in [6.07, 6.45) is 4.04. The van der Waals surface area contributed by atoms with Crippen LogP contribution in [0.2, 0.25) is 0 Å². The number of phenolic OH excluding ortho intramolecular Hbond substituents is 1. The number of nitrogens with one attached hydrogen (secondary N) is 2. The SMILES string of the molecule is Cc1ccccc1NC(=O)CCN1C(=S)NC(c2ccccn2)C1c1cccn1-c1ccc(O)cc1. The van der Waals surface area contributed by atoms with Crippen molar-refractivity contribution in [2.24, 2.45) is 0 Å². The van der Waals surface area contributed by atoms with Crippen LogP contribution >= 0.6 is 12.2 Å². The van der Waals surface area contributed by atoms with E-state index in [1.54, 1.807) is 18.3 Å². The first-order chi connectivity index (χ1) is 17.5. The maximum Gasteiger partial charge on any atom is 0.226 e. The van der Waals surface area contributed by atoms with Crippen LogP contribution in [0.3, 0.4) is 0 Å². The molecule has 182 valence electrons. The van der Waals surface area contributed by atoms with Crippen LogP contribution < -0.4 is 10.6 Å². The highest BCUT2D eigenvalue weighted by Gasteiger charge is 2.41. The van der Waals surface area contributed by atoms with Gasteiger partial charge < -0.3 is 25.2 Å². The largest absolute Gasteiger partial charge is 0.508 e. The minimum absolute atomic E-state index is 0.0685. The van der Waals surface area contributed by atoms with E-state index >= 15 is 0 Å². The summed E-state index contributed by atoms with van der Waals surface area (Å²) in [4.78, 5) is 19.5. The monoisotopic (exact) mass is 497 g/mol. The maximum absolute atomic E-state index is 12.9. The number of phenols is 1. The Balaban J connectivity index is 1.44. The van der Waals surface area contributed by atoms with Gasteiger partial charge in [0.15, 0.2) is 5.11 Å². The van der Waals surface area contributed by atoms with Crippen molar-refractivity contribution in [2.75, 3.05) is 11.9 Å². The molecule has 1 saturated heterocycles. The number of aromatic hydroxyl groups is 1. The van der Waals surface area contributed by atoms with Gasteiger partial charge in [-0.2, -0.15) is 0 Å². The molecule has 3 N–H and O–H groups in total. The first-order valence-corrected chi connectivity index (χ1v) is 12.2. The molecular weight excluding hydrogens is 470 g/mol. The van der Waals surface area contributed by atoms with Gasteiger partial charge in [-0.25, -0.2) is 0 Å². The molecule has 36 heavy (non-hydrogen) atoms. The van der Waals surface area contributed by atoms with Crippen molar-refractivity contribution in [3.63, 3.8) is 0 Å². The van der Waals surface area contributed by atoms with E-state index in [1.165, 1.54) is 0 Å². The molecule has 0 bridgehead atoms. The number of nitrogens with zero attached hydrogens (tertiary/aromatic N) is 3. The molecule has 2 aromatic heterocycles. The fourth-order valence-electron chi connectivity index (χ4n) is 4.60. The molecule has 1 aliphatic rings. The molecule has 2 atom stereocenters. The van der Waals surface area contributed by atoms with Crippen LogP contribution in [0.4, 0.5) is 5.69 Å². The van der Waals surface area contributed by atoms with Gasteiger partial charge in [0.05, 0.1) is 17.8 Å². The summed E-state index contributed by atoms with van der Waals surface area (Å²) < 4.78 is 2.08. The molecule has 0 radical (unpaired) electrons. The number of para-hydroxylation sites is 1. The zero-order valence-corrected chi connectivity index (χ0v) is 20.7. The molecule has 0 saturated carbocycles. The molecule has 5 rings (SSSR count). The number of hydrogen-bond donors (Lipinski definition) is 3. The topological polar surface area (TPSA) is 82.4 Å². The van der Waals surface area contributed by atoms with Crippen molar-refractivity contribution >= 4 is 28.9 Å². The van der Waals surface area contributed by atoms with Gasteiger partial charge in [0, 0.05) is 42.4 Å². The zero-order valence-electron chi connectivity index (χ0n) is 19.8. The lowest BCUT2D eigenvalue weighted by molar-refractivity contribution is -0.116. The Kier molecular flexibility index (Phi) is 6.69. The predicted octanol–water partition coefficient (Wildman–Crippen LogP) is 4.89. The quantitative estimate of drug-likeness (QED) is 0.316. The average molecular weight is 498 g/mol. The van der Waals surface area contributed by atoms with E-state index < -0.39 is 0 Å². The second kappa shape index (κ2) is 10.2. The van der Waals surface area contributed by atoms with E-state index in [0.717, 1.165) is 28.3 Å². The lowest BCUT2D eigenvalue weighted by Crippen LogP contribution is -2.33. The van der Waals surface area contributed by atoms with Crippen LogP contribution in [0.1, 0.15) is 35.5 Å². The Labute approximate surface area is 215 Å². The van der Waals surface area contributed by atoms with Gasteiger partial charge in [-0.05, 0) is 79.3 Å². The summed E-state index contributed by atoms with van der Waals surface area (Å²) in [6, 6.07) is 24.3. The minimum Gasteiger partial charge on any atom is -0.508 e.